The fourth-order valence-electron chi connectivity index (χ4n) is 3.67. The first-order chi connectivity index (χ1) is 18.1. The van der Waals surface area contributed by atoms with E-state index in [2.05, 4.69) is 5.32 Å². The number of carbonyl (C=O) groups is 2. The summed E-state index contributed by atoms with van der Waals surface area (Å²) in [5, 5.41) is 12.3. The molecule has 0 aliphatic heterocycles. The van der Waals surface area contributed by atoms with E-state index in [-0.39, 0.29) is 27.1 Å². The van der Waals surface area contributed by atoms with Gasteiger partial charge in [-0.1, -0.05) is 65.7 Å². The van der Waals surface area contributed by atoms with Gasteiger partial charge < -0.3 is 15.2 Å². The van der Waals surface area contributed by atoms with Gasteiger partial charge in [0.25, 0.3) is 15.9 Å². The quantitative estimate of drug-likeness (QED) is 0.275. The molecule has 1 atom stereocenters. The summed E-state index contributed by atoms with van der Waals surface area (Å²) in [6.07, 6.45) is 1.15. The smallest absolute Gasteiger partial charge is 0.326 e. The normalized spacial score (nSPS) is 12.1. The largest absolute Gasteiger partial charge is 0.489 e. The van der Waals surface area contributed by atoms with Crippen molar-refractivity contribution in [2.24, 2.45) is 0 Å². The summed E-state index contributed by atoms with van der Waals surface area (Å²) in [6, 6.07) is 21.6. The molecule has 3 aromatic carbocycles. The summed E-state index contributed by atoms with van der Waals surface area (Å²) in [5.41, 5.74) is 1.38. The van der Waals surface area contributed by atoms with Gasteiger partial charge in [0.2, 0.25) is 0 Å². The lowest BCUT2D eigenvalue weighted by Gasteiger charge is -2.16. The average Bonchev–Trinajstić information content (AvgIpc) is 3.39. The number of nitrogens with one attached hydrogen (secondary N) is 1. The summed E-state index contributed by atoms with van der Waals surface area (Å²) in [5.74, 6) is -1.54. The fourth-order valence-corrected chi connectivity index (χ4v) is 5.74. The molecule has 0 radical (unpaired) electrons. The Morgan fingerprint density at radius 3 is 2.18 bits per heavy atom. The first-order valence-corrected chi connectivity index (χ1v) is 13.5. The number of aromatic nitrogens is 1. The predicted molar refractivity (Wildman–Crippen MR) is 143 cm³/mol. The van der Waals surface area contributed by atoms with Gasteiger partial charge in [-0.25, -0.2) is 17.2 Å². The summed E-state index contributed by atoms with van der Waals surface area (Å²) in [4.78, 5) is 24.7. The molecular formula is C27H22Cl2N2O6S. The number of carboxylic acid groups (broad SMARTS) is 1. The third kappa shape index (κ3) is 6.55. The molecule has 0 spiro atoms. The minimum absolute atomic E-state index is 0.0304. The number of nitrogens with zero attached hydrogens (tertiary/aromatic N) is 1. The summed E-state index contributed by atoms with van der Waals surface area (Å²) >= 11 is 11.9. The molecule has 4 rings (SSSR count). The van der Waals surface area contributed by atoms with Crippen LogP contribution in [0.5, 0.6) is 5.75 Å². The van der Waals surface area contributed by atoms with Crippen molar-refractivity contribution in [2.45, 2.75) is 24.0 Å². The van der Waals surface area contributed by atoms with E-state index >= 15 is 0 Å². The molecule has 0 aliphatic carbocycles. The number of halogens is 2. The lowest BCUT2D eigenvalue weighted by atomic mass is 10.1. The zero-order chi connectivity index (χ0) is 27.3. The zero-order valence-corrected chi connectivity index (χ0v) is 22.1. The van der Waals surface area contributed by atoms with Crippen molar-refractivity contribution in [1.82, 2.24) is 9.29 Å². The van der Waals surface area contributed by atoms with Crippen LogP contribution in [0.3, 0.4) is 0 Å². The van der Waals surface area contributed by atoms with Gasteiger partial charge in [-0.15, -0.1) is 0 Å². The molecule has 38 heavy (non-hydrogen) atoms. The number of hydrogen-bond donors (Lipinski definition) is 2. The maximum atomic E-state index is 13.1. The van der Waals surface area contributed by atoms with Gasteiger partial charge in [0.15, 0.2) is 0 Å². The third-order valence-electron chi connectivity index (χ3n) is 5.55. The van der Waals surface area contributed by atoms with E-state index in [4.69, 9.17) is 27.9 Å². The molecule has 1 heterocycles. The highest BCUT2D eigenvalue weighted by Gasteiger charge is 2.27. The molecule has 196 valence electrons. The Hall–Kier alpha value is -3.79. The van der Waals surface area contributed by atoms with Crippen LogP contribution in [-0.2, 0) is 27.8 Å². The lowest BCUT2D eigenvalue weighted by Crippen LogP contribution is -2.43. The van der Waals surface area contributed by atoms with Gasteiger partial charge in [-0.3, -0.25) is 4.79 Å². The van der Waals surface area contributed by atoms with Crippen molar-refractivity contribution in [3.63, 3.8) is 0 Å². The van der Waals surface area contributed by atoms with Crippen LogP contribution >= 0.6 is 23.2 Å². The van der Waals surface area contributed by atoms with E-state index < -0.39 is 27.9 Å². The van der Waals surface area contributed by atoms with E-state index in [0.29, 0.717) is 17.9 Å². The minimum Gasteiger partial charge on any atom is -0.489 e. The summed E-state index contributed by atoms with van der Waals surface area (Å²) in [7, 11) is -4.24. The molecule has 0 saturated heterocycles. The second kappa shape index (κ2) is 11.7. The Balaban J connectivity index is 1.46. The van der Waals surface area contributed by atoms with Gasteiger partial charge in [0.05, 0.1) is 4.90 Å². The van der Waals surface area contributed by atoms with E-state index in [1.165, 1.54) is 36.5 Å². The molecule has 0 bridgehead atoms. The number of amides is 1. The maximum Gasteiger partial charge on any atom is 0.326 e. The van der Waals surface area contributed by atoms with Crippen molar-refractivity contribution in [2.75, 3.05) is 0 Å². The number of rotatable bonds is 10. The highest BCUT2D eigenvalue weighted by atomic mass is 35.5. The number of aliphatic carboxylic acids is 1. The Bertz CT molecular complexity index is 1530. The van der Waals surface area contributed by atoms with Crippen LogP contribution in [0.4, 0.5) is 0 Å². The van der Waals surface area contributed by atoms with Gasteiger partial charge in [0, 0.05) is 22.7 Å². The fraction of sp³-hybridized carbons (Fsp3) is 0.111. The first kappa shape index (κ1) is 27.3. The lowest BCUT2D eigenvalue weighted by molar-refractivity contribution is -0.139. The predicted octanol–water partition coefficient (Wildman–Crippen LogP) is 5.04. The van der Waals surface area contributed by atoms with Crippen LogP contribution in [0.1, 0.15) is 21.6 Å². The average molecular weight is 573 g/mol. The molecule has 11 heteroatoms. The number of carbonyl (C=O) groups excluding carboxylic acids is 1. The van der Waals surface area contributed by atoms with Crippen molar-refractivity contribution in [1.29, 1.82) is 0 Å². The first-order valence-electron chi connectivity index (χ1n) is 11.3. The van der Waals surface area contributed by atoms with Crippen LogP contribution in [0.2, 0.25) is 10.0 Å². The van der Waals surface area contributed by atoms with E-state index in [9.17, 15) is 23.1 Å². The van der Waals surface area contributed by atoms with Crippen LogP contribution in [0.15, 0.2) is 96.0 Å². The van der Waals surface area contributed by atoms with Crippen LogP contribution in [-0.4, -0.2) is 35.4 Å². The Morgan fingerprint density at radius 1 is 0.895 bits per heavy atom. The second-order valence-electron chi connectivity index (χ2n) is 8.29. The molecule has 1 aromatic heterocycles. The second-order valence-corrected chi connectivity index (χ2v) is 11.0. The van der Waals surface area contributed by atoms with Gasteiger partial charge in [-0.05, 0) is 53.6 Å². The molecule has 0 saturated carbocycles. The van der Waals surface area contributed by atoms with Crippen LogP contribution in [0, 0.1) is 0 Å². The Kier molecular flexibility index (Phi) is 8.41. The van der Waals surface area contributed by atoms with E-state index in [1.807, 2.05) is 30.3 Å². The number of ether oxygens (including phenoxy) is 1. The zero-order valence-electron chi connectivity index (χ0n) is 19.8. The molecule has 2 N–H and O–H groups in total. The van der Waals surface area contributed by atoms with Crippen molar-refractivity contribution in [3.8, 4) is 5.75 Å². The van der Waals surface area contributed by atoms with Gasteiger partial charge >= 0.3 is 5.97 Å². The van der Waals surface area contributed by atoms with Crippen LogP contribution < -0.4 is 10.1 Å². The molecule has 0 aliphatic rings. The van der Waals surface area contributed by atoms with Crippen molar-refractivity contribution in [3.05, 3.63) is 118 Å². The summed E-state index contributed by atoms with van der Waals surface area (Å²) in [6.45, 7) is 0.387. The van der Waals surface area contributed by atoms with Crippen molar-refractivity contribution < 1.29 is 27.9 Å². The number of benzene rings is 3. The van der Waals surface area contributed by atoms with Gasteiger partial charge in [0.1, 0.15) is 24.1 Å². The highest BCUT2D eigenvalue weighted by molar-refractivity contribution is 7.90. The van der Waals surface area contributed by atoms with Crippen molar-refractivity contribution >= 4 is 45.1 Å². The minimum atomic E-state index is -4.24. The third-order valence-corrected chi connectivity index (χ3v) is 7.66. The Morgan fingerprint density at radius 2 is 1.55 bits per heavy atom. The number of hydrogen-bond acceptors (Lipinski definition) is 5. The molecule has 8 nitrogen and oxygen atoms in total. The Labute approximate surface area is 229 Å². The molecule has 0 fully saturated rings. The highest BCUT2D eigenvalue weighted by Crippen LogP contribution is 2.25. The van der Waals surface area contributed by atoms with Gasteiger partial charge in [-0.2, -0.15) is 0 Å². The standard InChI is InChI=1S/C27H22Cl2N2O6S/c28-20-14-21(29)16-23(15-20)38(35,36)31-12-4-7-25(31)26(32)30-24(27(33)34)13-18-8-10-22(11-9-18)37-17-19-5-2-1-3-6-19/h1-12,14-16,24H,13,17H2,(H,30,32)(H,33,34)/t24-/m0/s1. The molecular weight excluding hydrogens is 551 g/mol. The van der Waals surface area contributed by atoms with Crippen LogP contribution in [0.25, 0.3) is 0 Å². The van der Waals surface area contributed by atoms with E-state index in [1.54, 1.807) is 24.3 Å². The number of carboxylic acids is 1. The molecule has 0 unspecified atom stereocenters. The maximum absolute atomic E-state index is 13.1. The topological polar surface area (TPSA) is 115 Å². The molecule has 1 amide bonds. The monoisotopic (exact) mass is 572 g/mol. The summed E-state index contributed by atoms with van der Waals surface area (Å²) < 4.78 is 32.8. The van der Waals surface area contributed by atoms with E-state index in [0.717, 1.165) is 9.54 Å². The molecule has 4 aromatic rings. The SMILES string of the molecule is O=C(N[C@@H](Cc1ccc(OCc2ccccc2)cc1)C(=O)O)c1cccn1S(=O)(=O)c1cc(Cl)cc(Cl)c1.